The number of piperidine rings is 1. The zero-order valence-electron chi connectivity index (χ0n) is 15.1. The second kappa shape index (κ2) is 6.91. The number of carbonyl (C=O) groups is 1. The molecule has 0 aliphatic carbocycles. The summed E-state index contributed by atoms with van der Waals surface area (Å²) in [6, 6.07) is -0.113. The van der Waals surface area contributed by atoms with Gasteiger partial charge in [-0.2, -0.15) is 4.98 Å². The van der Waals surface area contributed by atoms with E-state index in [1.54, 1.807) is 17.8 Å². The summed E-state index contributed by atoms with van der Waals surface area (Å²) in [5, 5.41) is 18.2. The third-order valence-corrected chi connectivity index (χ3v) is 4.26. The fourth-order valence-corrected chi connectivity index (χ4v) is 2.68. The van der Waals surface area contributed by atoms with E-state index < -0.39 is 6.04 Å². The first-order chi connectivity index (χ1) is 11.8. The summed E-state index contributed by atoms with van der Waals surface area (Å²) in [6.45, 7) is 9.72. The molecule has 2 N–H and O–H groups in total. The monoisotopic (exact) mass is 347 g/mol. The number of hydrogen-bond acceptors (Lipinski definition) is 7. The molecule has 1 aliphatic rings. The van der Waals surface area contributed by atoms with E-state index in [1.807, 2.05) is 20.8 Å². The lowest BCUT2D eigenvalue weighted by molar-refractivity contribution is 0.0927. The molecule has 9 nitrogen and oxygen atoms in total. The molecule has 1 saturated heterocycles. The van der Waals surface area contributed by atoms with Crippen LogP contribution >= 0.6 is 0 Å². The maximum atomic E-state index is 12.4. The Morgan fingerprint density at radius 2 is 2.12 bits per heavy atom. The van der Waals surface area contributed by atoms with Gasteiger partial charge < -0.3 is 15.2 Å². The largest absolute Gasteiger partial charge is 0.339 e. The molecule has 0 radical (unpaired) electrons. The van der Waals surface area contributed by atoms with Gasteiger partial charge >= 0.3 is 0 Å². The van der Waals surface area contributed by atoms with Crippen molar-refractivity contribution in [2.24, 2.45) is 0 Å². The highest BCUT2D eigenvalue weighted by atomic mass is 16.5. The van der Waals surface area contributed by atoms with Crippen LogP contribution < -0.4 is 10.6 Å². The Morgan fingerprint density at radius 3 is 2.76 bits per heavy atom. The van der Waals surface area contributed by atoms with E-state index in [2.05, 4.69) is 31.1 Å². The van der Waals surface area contributed by atoms with E-state index in [0.29, 0.717) is 17.4 Å². The molecular weight excluding hydrogens is 322 g/mol. The van der Waals surface area contributed by atoms with Crippen molar-refractivity contribution in [3.8, 4) is 0 Å². The highest BCUT2D eigenvalue weighted by Crippen LogP contribution is 2.21. The summed E-state index contributed by atoms with van der Waals surface area (Å²) in [5.41, 5.74) is 0.0872. The lowest BCUT2D eigenvalue weighted by Crippen LogP contribution is -2.29. The van der Waals surface area contributed by atoms with E-state index in [1.165, 1.54) is 0 Å². The van der Waals surface area contributed by atoms with E-state index in [9.17, 15) is 4.79 Å². The fourth-order valence-electron chi connectivity index (χ4n) is 2.68. The smallest absolute Gasteiger partial charge is 0.274 e. The van der Waals surface area contributed by atoms with Gasteiger partial charge in [-0.1, -0.05) is 31.1 Å². The van der Waals surface area contributed by atoms with Gasteiger partial charge in [-0.05, 0) is 32.9 Å². The maximum absolute atomic E-state index is 12.4. The minimum atomic E-state index is -0.403. The quantitative estimate of drug-likeness (QED) is 0.859. The normalized spacial score (nSPS) is 17.4. The molecule has 0 bridgehead atoms. The van der Waals surface area contributed by atoms with Crippen LogP contribution in [0.15, 0.2) is 10.7 Å². The zero-order valence-corrected chi connectivity index (χ0v) is 15.1. The molecule has 136 valence electrons. The number of hydrogen-bond donors (Lipinski definition) is 2. The van der Waals surface area contributed by atoms with Crippen LogP contribution in [-0.4, -0.2) is 44.1 Å². The fraction of sp³-hybridized carbons (Fsp3) is 0.688. The van der Waals surface area contributed by atoms with Gasteiger partial charge in [0.05, 0.1) is 12.2 Å². The first-order valence-electron chi connectivity index (χ1n) is 8.62. The molecule has 1 atom stereocenters. The van der Waals surface area contributed by atoms with Crippen molar-refractivity contribution in [2.75, 3.05) is 13.1 Å². The number of carbonyl (C=O) groups excluding carboxylic acids is 1. The molecule has 0 saturated carbocycles. The Bertz CT molecular complexity index is 725. The summed E-state index contributed by atoms with van der Waals surface area (Å²) in [7, 11) is 0. The molecule has 0 unspecified atom stereocenters. The van der Waals surface area contributed by atoms with Gasteiger partial charge in [0, 0.05) is 5.41 Å². The first-order valence-corrected chi connectivity index (χ1v) is 8.62. The standard InChI is InChI=1S/C16H25N7O2/c1-10(14-19-15(21-25-14)16(2,3)4)18-13(24)12-9-23(22-20-12)11-5-7-17-8-6-11/h9-11,17H,5-8H2,1-4H3,(H,18,24)/t10-/m0/s1. The number of amides is 1. The molecule has 1 fully saturated rings. The molecule has 3 rings (SSSR count). The average molecular weight is 347 g/mol. The van der Waals surface area contributed by atoms with E-state index >= 15 is 0 Å². The van der Waals surface area contributed by atoms with Crippen molar-refractivity contribution in [1.29, 1.82) is 0 Å². The topological polar surface area (TPSA) is 111 Å². The Hall–Kier alpha value is -2.29. The summed E-state index contributed by atoms with van der Waals surface area (Å²) in [4.78, 5) is 16.8. The van der Waals surface area contributed by atoms with Gasteiger partial charge in [-0.3, -0.25) is 4.79 Å². The Labute approximate surface area is 146 Å². The molecule has 1 amide bonds. The average Bonchev–Trinajstić information content (AvgIpc) is 3.25. The number of nitrogens with zero attached hydrogens (tertiary/aromatic N) is 5. The van der Waals surface area contributed by atoms with Crippen LogP contribution in [0.25, 0.3) is 0 Å². The Kier molecular flexibility index (Phi) is 4.85. The molecule has 0 spiro atoms. The predicted octanol–water partition coefficient (Wildman–Crippen LogP) is 1.37. The van der Waals surface area contributed by atoms with Crippen LogP contribution in [0.2, 0.25) is 0 Å². The highest BCUT2D eigenvalue weighted by molar-refractivity contribution is 5.92. The molecule has 0 aromatic carbocycles. The predicted molar refractivity (Wildman–Crippen MR) is 90.0 cm³/mol. The van der Waals surface area contributed by atoms with Crippen molar-refractivity contribution < 1.29 is 9.32 Å². The maximum Gasteiger partial charge on any atom is 0.274 e. The summed E-state index contributed by atoms with van der Waals surface area (Å²) >= 11 is 0. The SMILES string of the molecule is C[C@H](NC(=O)c1cn(C2CCNCC2)nn1)c1nc(C(C)(C)C)no1. The molecule has 2 aromatic heterocycles. The van der Waals surface area contributed by atoms with Gasteiger partial charge in [0.25, 0.3) is 5.91 Å². The van der Waals surface area contributed by atoms with Crippen molar-refractivity contribution in [3.05, 3.63) is 23.6 Å². The molecule has 3 heterocycles. The Balaban J connectivity index is 1.63. The first kappa shape index (κ1) is 17.5. The molecule has 25 heavy (non-hydrogen) atoms. The van der Waals surface area contributed by atoms with Crippen LogP contribution in [0.4, 0.5) is 0 Å². The third kappa shape index (κ3) is 4.04. The van der Waals surface area contributed by atoms with Crippen LogP contribution in [0, 0.1) is 0 Å². The van der Waals surface area contributed by atoms with Gasteiger partial charge in [0.1, 0.15) is 6.04 Å². The second-order valence-corrected chi connectivity index (χ2v) is 7.47. The van der Waals surface area contributed by atoms with Crippen molar-refractivity contribution in [3.63, 3.8) is 0 Å². The van der Waals surface area contributed by atoms with Crippen LogP contribution in [0.1, 0.15) is 74.8 Å². The lowest BCUT2D eigenvalue weighted by atomic mass is 9.96. The Morgan fingerprint density at radius 1 is 1.40 bits per heavy atom. The third-order valence-electron chi connectivity index (χ3n) is 4.26. The van der Waals surface area contributed by atoms with E-state index in [4.69, 9.17) is 4.52 Å². The summed E-state index contributed by atoms with van der Waals surface area (Å²) in [6.07, 6.45) is 3.67. The van der Waals surface area contributed by atoms with E-state index in [-0.39, 0.29) is 17.4 Å². The van der Waals surface area contributed by atoms with Crippen LogP contribution in [-0.2, 0) is 5.41 Å². The van der Waals surface area contributed by atoms with Crippen molar-refractivity contribution >= 4 is 5.91 Å². The highest BCUT2D eigenvalue weighted by Gasteiger charge is 2.25. The number of aromatic nitrogens is 5. The molecule has 1 aliphatic heterocycles. The minimum Gasteiger partial charge on any atom is -0.339 e. The second-order valence-electron chi connectivity index (χ2n) is 7.47. The van der Waals surface area contributed by atoms with Crippen LogP contribution in [0.5, 0.6) is 0 Å². The van der Waals surface area contributed by atoms with E-state index in [0.717, 1.165) is 25.9 Å². The van der Waals surface area contributed by atoms with Gasteiger partial charge in [-0.25, -0.2) is 4.68 Å². The number of nitrogens with one attached hydrogen (secondary N) is 2. The minimum absolute atomic E-state index is 0.205. The molecule has 9 heteroatoms. The number of rotatable bonds is 4. The van der Waals surface area contributed by atoms with Gasteiger partial charge in [-0.15, -0.1) is 5.10 Å². The van der Waals surface area contributed by atoms with Crippen molar-refractivity contribution in [1.82, 2.24) is 35.8 Å². The van der Waals surface area contributed by atoms with Crippen LogP contribution in [0.3, 0.4) is 0 Å². The zero-order chi connectivity index (χ0) is 18.0. The summed E-state index contributed by atoms with van der Waals surface area (Å²) in [5.74, 6) is 0.688. The lowest BCUT2D eigenvalue weighted by Gasteiger charge is -2.22. The van der Waals surface area contributed by atoms with Crippen molar-refractivity contribution in [2.45, 2.75) is 58.0 Å². The molecule has 2 aromatic rings. The van der Waals surface area contributed by atoms with Gasteiger partial charge in [0.2, 0.25) is 5.89 Å². The van der Waals surface area contributed by atoms with Gasteiger partial charge in [0.15, 0.2) is 11.5 Å². The summed E-state index contributed by atoms with van der Waals surface area (Å²) < 4.78 is 7.05. The molecular formula is C16H25N7O2.